The monoisotopic (exact) mass is 401 g/mol. The van der Waals surface area contributed by atoms with Gasteiger partial charge in [0.15, 0.2) is 0 Å². The lowest BCUT2D eigenvalue weighted by atomic mass is 9.91. The predicted octanol–water partition coefficient (Wildman–Crippen LogP) is 3.61. The summed E-state index contributed by atoms with van der Waals surface area (Å²) in [5.74, 6) is 1.06. The molecular weight excluding hydrogens is 374 g/mol. The first-order valence-corrected chi connectivity index (χ1v) is 10.1. The summed E-state index contributed by atoms with van der Waals surface area (Å²) in [4.78, 5) is 18.8. The molecule has 28 heavy (non-hydrogen) atoms. The Morgan fingerprint density at radius 1 is 1.29 bits per heavy atom. The number of nitrogens with zero attached hydrogens (tertiary/aromatic N) is 2. The third-order valence-corrected chi connectivity index (χ3v) is 5.78. The molecule has 0 unspecified atom stereocenters. The summed E-state index contributed by atoms with van der Waals surface area (Å²) in [6.45, 7) is 0.568. The molecule has 0 aliphatic heterocycles. The van der Waals surface area contributed by atoms with E-state index in [0.29, 0.717) is 23.9 Å². The second kappa shape index (κ2) is 9.39. The minimum Gasteiger partial charge on any atom is -0.506 e. The summed E-state index contributed by atoms with van der Waals surface area (Å²) in [6.07, 6.45) is 7.24. The first-order valence-electron chi connectivity index (χ1n) is 9.74. The van der Waals surface area contributed by atoms with Gasteiger partial charge in [-0.1, -0.05) is 17.7 Å². The number of likely N-dealkylation sites (N-methyl/N-ethyl adjacent to an activating group) is 1. The number of aromatic hydroxyl groups is 1. The summed E-state index contributed by atoms with van der Waals surface area (Å²) >= 11 is 6.02. The largest absolute Gasteiger partial charge is 0.506 e. The van der Waals surface area contributed by atoms with Gasteiger partial charge in [0.05, 0.1) is 5.02 Å². The van der Waals surface area contributed by atoms with Gasteiger partial charge in [-0.2, -0.15) is 0 Å². The van der Waals surface area contributed by atoms with Crippen LogP contribution >= 0.6 is 11.6 Å². The van der Waals surface area contributed by atoms with E-state index in [1.165, 1.54) is 18.4 Å². The van der Waals surface area contributed by atoms with Crippen molar-refractivity contribution in [2.75, 3.05) is 20.6 Å². The molecule has 1 fully saturated rings. The van der Waals surface area contributed by atoms with Crippen LogP contribution in [0, 0.1) is 5.92 Å². The van der Waals surface area contributed by atoms with Gasteiger partial charge in [0.2, 0.25) is 5.91 Å². The highest BCUT2D eigenvalue weighted by molar-refractivity contribution is 6.32. The molecule has 1 aromatic carbocycles. The van der Waals surface area contributed by atoms with Gasteiger partial charge >= 0.3 is 0 Å². The van der Waals surface area contributed by atoms with Crippen molar-refractivity contribution in [2.45, 2.75) is 37.6 Å². The highest BCUT2D eigenvalue weighted by atomic mass is 35.5. The van der Waals surface area contributed by atoms with Crippen molar-refractivity contribution in [3.05, 3.63) is 58.9 Å². The van der Waals surface area contributed by atoms with Crippen LogP contribution in [-0.4, -0.2) is 47.6 Å². The number of amides is 1. The second-order valence-corrected chi connectivity index (χ2v) is 8.25. The summed E-state index contributed by atoms with van der Waals surface area (Å²) in [5, 5.41) is 13.1. The summed E-state index contributed by atoms with van der Waals surface area (Å²) in [7, 11) is 4.01. The minimum atomic E-state index is 0.0855. The van der Waals surface area contributed by atoms with Crippen LogP contribution in [0.5, 0.6) is 5.75 Å². The molecule has 0 spiro atoms. The van der Waals surface area contributed by atoms with Crippen LogP contribution in [0.1, 0.15) is 36.3 Å². The zero-order valence-electron chi connectivity index (χ0n) is 16.4. The molecule has 1 heterocycles. The molecule has 2 atom stereocenters. The topological polar surface area (TPSA) is 65.5 Å². The number of hydrogen-bond donors (Lipinski definition) is 2. The first kappa shape index (κ1) is 20.6. The van der Waals surface area contributed by atoms with E-state index in [2.05, 4.69) is 15.2 Å². The predicted molar refractivity (Wildman–Crippen MR) is 112 cm³/mol. The van der Waals surface area contributed by atoms with Crippen LogP contribution in [-0.2, 0) is 11.2 Å². The van der Waals surface area contributed by atoms with Gasteiger partial charge in [-0.15, -0.1) is 0 Å². The number of carbonyl (C=O) groups is 1. The van der Waals surface area contributed by atoms with Gasteiger partial charge in [-0.3, -0.25) is 9.78 Å². The summed E-state index contributed by atoms with van der Waals surface area (Å²) in [6, 6.07) is 9.44. The number of hydrogen-bond acceptors (Lipinski definition) is 4. The maximum Gasteiger partial charge on any atom is 0.220 e. The Kier molecular flexibility index (Phi) is 6.92. The van der Waals surface area contributed by atoms with Crippen molar-refractivity contribution in [2.24, 2.45) is 5.92 Å². The van der Waals surface area contributed by atoms with Crippen molar-refractivity contribution < 1.29 is 9.90 Å². The van der Waals surface area contributed by atoms with Crippen LogP contribution in [0.4, 0.5) is 0 Å². The quantitative estimate of drug-likeness (QED) is 0.673. The van der Waals surface area contributed by atoms with Gasteiger partial charge < -0.3 is 15.3 Å². The fourth-order valence-corrected chi connectivity index (χ4v) is 3.76. The Morgan fingerprint density at radius 3 is 2.61 bits per heavy atom. The minimum absolute atomic E-state index is 0.0855. The third-order valence-electron chi connectivity index (χ3n) is 5.48. The average Bonchev–Trinajstić information content (AvgIpc) is 3.51. The number of aromatic nitrogens is 1. The van der Waals surface area contributed by atoms with Crippen molar-refractivity contribution in [3.8, 4) is 5.75 Å². The number of phenolic OH excluding ortho intramolecular Hbond substituents is 1. The molecule has 150 valence electrons. The Labute approximate surface area is 171 Å². The van der Waals surface area contributed by atoms with Gasteiger partial charge in [-0.25, -0.2) is 0 Å². The van der Waals surface area contributed by atoms with Crippen molar-refractivity contribution in [1.82, 2.24) is 15.2 Å². The Hall–Kier alpha value is -2.11. The van der Waals surface area contributed by atoms with E-state index in [4.69, 9.17) is 11.6 Å². The molecule has 0 bridgehead atoms. The molecule has 6 heteroatoms. The van der Waals surface area contributed by atoms with E-state index in [9.17, 15) is 9.90 Å². The fourth-order valence-electron chi connectivity index (χ4n) is 3.56. The fraction of sp³-hybridized carbons (Fsp3) is 0.455. The molecular formula is C22H28ClN3O2. The molecule has 3 rings (SSSR count). The number of nitrogens with one attached hydrogen (secondary N) is 1. The summed E-state index contributed by atoms with van der Waals surface area (Å²) < 4.78 is 0. The van der Waals surface area contributed by atoms with E-state index < -0.39 is 0 Å². The maximum absolute atomic E-state index is 12.6. The van der Waals surface area contributed by atoms with Crippen molar-refractivity contribution in [1.29, 1.82) is 0 Å². The average molecular weight is 402 g/mol. The molecule has 1 aliphatic rings. The zero-order valence-corrected chi connectivity index (χ0v) is 17.2. The number of rotatable bonds is 9. The van der Waals surface area contributed by atoms with Crippen molar-refractivity contribution in [3.63, 3.8) is 0 Å². The third kappa shape index (κ3) is 5.69. The van der Waals surface area contributed by atoms with Crippen LogP contribution in [0.25, 0.3) is 0 Å². The van der Waals surface area contributed by atoms with Crippen LogP contribution < -0.4 is 5.32 Å². The van der Waals surface area contributed by atoms with Crippen LogP contribution in [0.3, 0.4) is 0 Å². The zero-order chi connectivity index (χ0) is 20.1. The van der Waals surface area contributed by atoms with Gasteiger partial charge in [0.25, 0.3) is 0 Å². The van der Waals surface area contributed by atoms with E-state index in [-0.39, 0.29) is 23.6 Å². The highest BCUT2D eigenvalue weighted by Crippen LogP contribution is 2.44. The summed E-state index contributed by atoms with van der Waals surface area (Å²) in [5.41, 5.74) is 2.24. The van der Waals surface area contributed by atoms with Crippen molar-refractivity contribution >= 4 is 17.5 Å². The molecule has 1 aliphatic carbocycles. The Bertz CT molecular complexity index is 794. The number of halogens is 1. The number of benzene rings is 1. The molecule has 5 nitrogen and oxygen atoms in total. The lowest BCUT2D eigenvalue weighted by Crippen LogP contribution is -2.42. The molecule has 1 amide bonds. The second-order valence-electron chi connectivity index (χ2n) is 7.84. The number of phenols is 1. The Morgan fingerprint density at radius 2 is 2.00 bits per heavy atom. The normalized spacial score (nSPS) is 16.0. The molecule has 2 aromatic rings. The van der Waals surface area contributed by atoms with Crippen LogP contribution in [0.2, 0.25) is 5.02 Å². The molecule has 2 N–H and O–H groups in total. The smallest absolute Gasteiger partial charge is 0.220 e. The van der Waals surface area contributed by atoms with E-state index in [1.54, 1.807) is 24.5 Å². The van der Waals surface area contributed by atoms with Gasteiger partial charge in [-0.05, 0) is 80.6 Å². The molecule has 1 aromatic heterocycles. The van der Waals surface area contributed by atoms with E-state index in [1.807, 2.05) is 32.3 Å². The standard InChI is InChI=1S/C22H28ClN3O2/c1-26(2)18(11-15-3-6-21(27)20(23)12-15)14-25-22(28)13-19(16-4-5-16)17-7-9-24-10-8-17/h3,6-10,12,16,18-19,27H,4-5,11,13-14H2,1-2H3,(H,25,28)/t18-,19+/m0/s1. The van der Waals surface area contributed by atoms with E-state index >= 15 is 0 Å². The first-order chi connectivity index (χ1) is 13.4. The maximum atomic E-state index is 12.6. The van der Waals surface area contributed by atoms with Gasteiger partial charge in [0, 0.05) is 31.4 Å². The molecule has 0 radical (unpaired) electrons. The molecule has 1 saturated carbocycles. The SMILES string of the molecule is CN(C)[C@H](CNC(=O)C[C@@H](c1ccncc1)C1CC1)Cc1ccc(O)c(Cl)c1. The van der Waals surface area contributed by atoms with Gasteiger partial charge in [0.1, 0.15) is 5.75 Å². The van der Waals surface area contributed by atoms with E-state index in [0.717, 1.165) is 12.0 Å². The highest BCUT2D eigenvalue weighted by Gasteiger charge is 2.33. The Balaban J connectivity index is 1.56. The van der Waals surface area contributed by atoms with Crippen LogP contribution in [0.15, 0.2) is 42.7 Å². The lowest BCUT2D eigenvalue weighted by Gasteiger charge is -2.25. The molecule has 0 saturated heterocycles. The number of pyridine rings is 1. The lowest BCUT2D eigenvalue weighted by molar-refractivity contribution is -0.121. The number of carbonyl (C=O) groups excluding carboxylic acids is 1.